The van der Waals surface area contributed by atoms with Crippen molar-refractivity contribution in [1.29, 1.82) is 0 Å². The molecule has 1 N–H and O–H groups in total. The van der Waals surface area contributed by atoms with Gasteiger partial charge in [0.25, 0.3) is 0 Å². The number of hydrogen-bond acceptors (Lipinski definition) is 4. The highest BCUT2D eigenvalue weighted by Crippen LogP contribution is 2.25. The highest BCUT2D eigenvalue weighted by molar-refractivity contribution is 5.79. The molecule has 0 saturated carbocycles. The van der Waals surface area contributed by atoms with E-state index in [1.807, 2.05) is 18.2 Å². The standard InChI is InChI=1S/C20H28N2O3/c1-24-18-10-15(11-19(12-18)25-2)13-22-9-8-17(14-22)21-20(23)16-6-4-3-5-7-16/h3-4,10-12,16-17H,5-9,13-14H2,1-2H3,(H,21,23)/t16-,17+/m0/s1. The summed E-state index contributed by atoms with van der Waals surface area (Å²) in [4.78, 5) is 14.8. The second-order valence-electron chi connectivity index (χ2n) is 6.93. The minimum Gasteiger partial charge on any atom is -0.497 e. The quantitative estimate of drug-likeness (QED) is 0.806. The maximum absolute atomic E-state index is 12.4. The molecule has 1 aliphatic heterocycles. The van der Waals surface area contributed by atoms with Crippen LogP contribution < -0.4 is 14.8 Å². The van der Waals surface area contributed by atoms with Gasteiger partial charge in [0.2, 0.25) is 5.91 Å². The molecular formula is C20H28N2O3. The predicted molar refractivity (Wildman–Crippen MR) is 97.9 cm³/mol. The smallest absolute Gasteiger partial charge is 0.223 e. The fourth-order valence-electron chi connectivity index (χ4n) is 3.66. The number of amides is 1. The number of carbonyl (C=O) groups is 1. The van der Waals surface area contributed by atoms with Gasteiger partial charge in [-0.25, -0.2) is 0 Å². The number of nitrogens with one attached hydrogen (secondary N) is 1. The lowest BCUT2D eigenvalue weighted by Crippen LogP contribution is -2.40. The zero-order chi connectivity index (χ0) is 17.6. The number of nitrogens with zero attached hydrogens (tertiary/aromatic N) is 1. The van der Waals surface area contributed by atoms with Gasteiger partial charge >= 0.3 is 0 Å². The van der Waals surface area contributed by atoms with Crippen LogP contribution in [-0.2, 0) is 11.3 Å². The summed E-state index contributed by atoms with van der Waals surface area (Å²) in [5.41, 5.74) is 1.17. The van der Waals surface area contributed by atoms with Crippen molar-refractivity contribution in [2.24, 2.45) is 5.92 Å². The van der Waals surface area contributed by atoms with Crippen LogP contribution in [0.2, 0.25) is 0 Å². The van der Waals surface area contributed by atoms with Gasteiger partial charge < -0.3 is 14.8 Å². The Hall–Kier alpha value is -2.01. The molecule has 2 atom stereocenters. The first-order chi connectivity index (χ1) is 12.2. The number of rotatable bonds is 6. The Morgan fingerprint density at radius 3 is 2.56 bits per heavy atom. The Morgan fingerprint density at radius 2 is 1.92 bits per heavy atom. The summed E-state index contributed by atoms with van der Waals surface area (Å²) >= 11 is 0. The van der Waals surface area contributed by atoms with Gasteiger partial charge in [-0.3, -0.25) is 9.69 Å². The van der Waals surface area contributed by atoms with Crippen LogP contribution in [0.5, 0.6) is 11.5 Å². The van der Waals surface area contributed by atoms with Gasteiger partial charge in [-0.2, -0.15) is 0 Å². The molecule has 1 aromatic rings. The Balaban J connectivity index is 1.52. The van der Waals surface area contributed by atoms with Crippen molar-refractivity contribution in [3.8, 4) is 11.5 Å². The van der Waals surface area contributed by atoms with E-state index in [2.05, 4.69) is 22.4 Å². The van der Waals surface area contributed by atoms with Gasteiger partial charge in [0.05, 0.1) is 14.2 Å². The molecule has 0 unspecified atom stereocenters. The van der Waals surface area contributed by atoms with Crippen LogP contribution in [0.15, 0.2) is 30.4 Å². The SMILES string of the molecule is COc1cc(CN2CC[C@@H](NC(=O)[C@H]3CC=CCC3)C2)cc(OC)c1. The van der Waals surface area contributed by atoms with Gasteiger partial charge in [-0.15, -0.1) is 0 Å². The molecule has 25 heavy (non-hydrogen) atoms. The topological polar surface area (TPSA) is 50.8 Å². The lowest BCUT2D eigenvalue weighted by atomic mass is 9.93. The first-order valence-corrected chi connectivity index (χ1v) is 9.07. The Morgan fingerprint density at radius 1 is 1.16 bits per heavy atom. The predicted octanol–water partition coefficient (Wildman–Crippen LogP) is 2.75. The van der Waals surface area contributed by atoms with Crippen LogP contribution >= 0.6 is 0 Å². The summed E-state index contributed by atoms with van der Waals surface area (Å²) in [5.74, 6) is 1.99. The summed E-state index contributed by atoms with van der Waals surface area (Å²) in [6.07, 6.45) is 8.19. The molecule has 0 radical (unpaired) electrons. The van der Waals surface area contributed by atoms with Gasteiger partial charge in [0, 0.05) is 37.7 Å². The largest absolute Gasteiger partial charge is 0.497 e. The summed E-state index contributed by atoms with van der Waals surface area (Å²) in [6.45, 7) is 2.73. The van der Waals surface area contributed by atoms with E-state index < -0.39 is 0 Å². The molecule has 5 nitrogen and oxygen atoms in total. The van der Waals surface area contributed by atoms with Crippen LogP contribution in [0.4, 0.5) is 0 Å². The lowest BCUT2D eigenvalue weighted by Gasteiger charge is -2.21. The van der Waals surface area contributed by atoms with E-state index in [-0.39, 0.29) is 17.9 Å². The zero-order valence-corrected chi connectivity index (χ0v) is 15.2. The third kappa shape index (κ3) is 4.75. The molecule has 0 spiro atoms. The Kier molecular flexibility index (Phi) is 5.97. The fraction of sp³-hybridized carbons (Fsp3) is 0.550. The zero-order valence-electron chi connectivity index (χ0n) is 15.2. The van der Waals surface area contributed by atoms with Crippen LogP contribution in [-0.4, -0.2) is 44.2 Å². The van der Waals surface area contributed by atoms with Crippen molar-refractivity contribution in [1.82, 2.24) is 10.2 Å². The molecule has 1 fully saturated rings. The van der Waals surface area contributed by atoms with Gasteiger partial charge in [0.1, 0.15) is 11.5 Å². The normalized spacial score (nSPS) is 23.4. The van der Waals surface area contributed by atoms with E-state index in [0.717, 1.165) is 56.8 Å². The number of likely N-dealkylation sites (tertiary alicyclic amines) is 1. The van der Waals surface area contributed by atoms with Crippen LogP contribution in [0.25, 0.3) is 0 Å². The third-order valence-electron chi connectivity index (χ3n) is 5.08. The molecule has 1 aliphatic carbocycles. The van der Waals surface area contributed by atoms with E-state index in [0.29, 0.717) is 0 Å². The Labute approximate surface area is 150 Å². The minimum absolute atomic E-state index is 0.154. The first kappa shape index (κ1) is 17.8. The van der Waals surface area contributed by atoms with Crippen molar-refractivity contribution in [3.63, 3.8) is 0 Å². The van der Waals surface area contributed by atoms with Crippen molar-refractivity contribution in [2.75, 3.05) is 27.3 Å². The average molecular weight is 344 g/mol. The van der Waals surface area contributed by atoms with E-state index in [4.69, 9.17) is 9.47 Å². The molecule has 0 aromatic heterocycles. The monoisotopic (exact) mass is 344 g/mol. The minimum atomic E-state index is 0.154. The maximum atomic E-state index is 12.4. The maximum Gasteiger partial charge on any atom is 0.223 e. The van der Waals surface area contributed by atoms with Crippen molar-refractivity contribution in [3.05, 3.63) is 35.9 Å². The number of carbonyl (C=O) groups excluding carboxylic acids is 1. The number of hydrogen-bond donors (Lipinski definition) is 1. The fourth-order valence-corrected chi connectivity index (χ4v) is 3.66. The summed E-state index contributed by atoms with van der Waals surface area (Å²) < 4.78 is 10.7. The van der Waals surface area contributed by atoms with Gasteiger partial charge in [-0.1, -0.05) is 12.2 Å². The number of allylic oxidation sites excluding steroid dienone is 2. The van der Waals surface area contributed by atoms with E-state index in [1.54, 1.807) is 14.2 Å². The average Bonchev–Trinajstić information content (AvgIpc) is 3.08. The highest BCUT2D eigenvalue weighted by Gasteiger charge is 2.27. The van der Waals surface area contributed by atoms with Crippen LogP contribution in [0, 0.1) is 5.92 Å². The molecule has 2 aliphatic rings. The van der Waals surface area contributed by atoms with E-state index >= 15 is 0 Å². The molecule has 0 bridgehead atoms. The summed E-state index contributed by atoms with van der Waals surface area (Å²) in [5, 5.41) is 3.25. The number of benzene rings is 1. The lowest BCUT2D eigenvalue weighted by molar-refractivity contribution is -0.125. The molecule has 1 aromatic carbocycles. The molecule has 136 valence electrons. The summed E-state index contributed by atoms with van der Waals surface area (Å²) in [7, 11) is 3.33. The van der Waals surface area contributed by atoms with Crippen molar-refractivity contribution in [2.45, 2.75) is 38.3 Å². The number of ether oxygens (including phenoxy) is 2. The van der Waals surface area contributed by atoms with E-state index in [1.165, 1.54) is 5.56 Å². The van der Waals surface area contributed by atoms with Crippen molar-refractivity contribution >= 4 is 5.91 Å². The molecule has 1 saturated heterocycles. The first-order valence-electron chi connectivity index (χ1n) is 9.07. The molecule has 3 rings (SSSR count). The second kappa shape index (κ2) is 8.39. The molecule has 1 heterocycles. The number of methoxy groups -OCH3 is 2. The molecule has 5 heteroatoms. The van der Waals surface area contributed by atoms with Crippen molar-refractivity contribution < 1.29 is 14.3 Å². The Bertz CT molecular complexity index is 607. The molecular weight excluding hydrogens is 316 g/mol. The van der Waals surface area contributed by atoms with Crippen LogP contribution in [0.3, 0.4) is 0 Å². The van der Waals surface area contributed by atoms with Gasteiger partial charge in [-0.05, 0) is 43.4 Å². The van der Waals surface area contributed by atoms with E-state index in [9.17, 15) is 4.79 Å². The summed E-state index contributed by atoms with van der Waals surface area (Å²) in [6, 6.07) is 6.23. The van der Waals surface area contributed by atoms with Crippen LogP contribution in [0.1, 0.15) is 31.2 Å². The van der Waals surface area contributed by atoms with Gasteiger partial charge in [0.15, 0.2) is 0 Å². The second-order valence-corrected chi connectivity index (χ2v) is 6.93. The third-order valence-corrected chi connectivity index (χ3v) is 5.08. The molecule has 1 amide bonds. The highest BCUT2D eigenvalue weighted by atomic mass is 16.5.